The molecule has 0 fully saturated rings. The Kier molecular flexibility index (Phi) is 6.83. The van der Waals surface area contributed by atoms with Gasteiger partial charge in [0.15, 0.2) is 6.10 Å². The van der Waals surface area contributed by atoms with Gasteiger partial charge in [0, 0.05) is 40.7 Å². The van der Waals surface area contributed by atoms with Crippen LogP contribution in [0.2, 0.25) is 0 Å². The fourth-order valence-corrected chi connectivity index (χ4v) is 5.36. The van der Waals surface area contributed by atoms with Crippen molar-refractivity contribution in [1.29, 1.82) is 0 Å². The molecule has 1 aromatic heterocycles. The Hall–Kier alpha value is -3.46. The molecule has 8 nitrogen and oxygen atoms in total. The summed E-state index contributed by atoms with van der Waals surface area (Å²) >= 11 is 0. The number of H-pyrrole nitrogens is 1. The summed E-state index contributed by atoms with van der Waals surface area (Å²) in [5.41, 5.74) is 2.76. The van der Waals surface area contributed by atoms with E-state index in [2.05, 4.69) is 14.7 Å². The predicted octanol–water partition coefficient (Wildman–Crippen LogP) is 3.89. The lowest BCUT2D eigenvalue weighted by Crippen LogP contribution is -2.24. The van der Waals surface area contributed by atoms with Crippen LogP contribution in [0.3, 0.4) is 0 Å². The van der Waals surface area contributed by atoms with Crippen LogP contribution < -0.4 is 4.72 Å². The molecule has 1 aliphatic rings. The maximum Gasteiger partial charge on any atom is 0.306 e. The van der Waals surface area contributed by atoms with Gasteiger partial charge in [-0.2, -0.15) is 0 Å². The van der Waals surface area contributed by atoms with Gasteiger partial charge in [-0.3, -0.25) is 19.3 Å². The zero-order valence-electron chi connectivity index (χ0n) is 19.1. The van der Waals surface area contributed by atoms with Crippen LogP contribution in [0.15, 0.2) is 58.4 Å². The number of unbranched alkanes of at least 4 members (excludes halogenated alkanes) is 2. The van der Waals surface area contributed by atoms with Crippen molar-refractivity contribution < 1.29 is 22.7 Å². The molecule has 178 valence electrons. The molecule has 2 heterocycles. The molecule has 3 aromatic rings. The molecular formula is C25H27N3O5S. The Morgan fingerprint density at radius 1 is 1.03 bits per heavy atom. The first kappa shape index (κ1) is 23.7. The average molecular weight is 482 g/mol. The number of aromatic nitrogens is 1. The molecule has 0 radical (unpaired) electrons. The smallest absolute Gasteiger partial charge is 0.306 e. The lowest BCUT2D eigenvalue weighted by molar-refractivity contribution is -0.146. The lowest BCUT2D eigenvalue weighted by atomic mass is 10.0. The summed E-state index contributed by atoms with van der Waals surface area (Å²) in [7, 11) is -3.53. The van der Waals surface area contributed by atoms with E-state index in [0.717, 1.165) is 23.0 Å². The van der Waals surface area contributed by atoms with Gasteiger partial charge in [-0.05, 0) is 44.9 Å². The van der Waals surface area contributed by atoms with Crippen LogP contribution in [0.1, 0.15) is 54.2 Å². The zero-order valence-corrected chi connectivity index (χ0v) is 19.9. The number of ether oxygens (including phenoxy) is 1. The highest BCUT2D eigenvalue weighted by atomic mass is 32.2. The van der Waals surface area contributed by atoms with Crippen LogP contribution >= 0.6 is 0 Å². The van der Waals surface area contributed by atoms with Crippen molar-refractivity contribution in [2.24, 2.45) is 4.99 Å². The minimum Gasteiger partial charge on any atom is -0.454 e. The highest BCUT2D eigenvalue weighted by Gasteiger charge is 2.30. The number of esters is 1. The first-order valence-corrected chi connectivity index (χ1v) is 12.7. The lowest BCUT2D eigenvalue weighted by Gasteiger charge is -2.12. The van der Waals surface area contributed by atoms with Gasteiger partial charge in [0.05, 0.1) is 4.90 Å². The quantitative estimate of drug-likeness (QED) is 0.273. The largest absolute Gasteiger partial charge is 0.454 e. The third kappa shape index (κ3) is 4.89. The highest BCUT2D eigenvalue weighted by molar-refractivity contribution is 7.90. The number of benzene rings is 2. The summed E-state index contributed by atoms with van der Waals surface area (Å²) in [6, 6.07) is 14.3. The number of aryl methyl sites for hydroxylation is 1. The molecule has 1 unspecified atom stereocenters. The molecule has 0 bridgehead atoms. The molecule has 34 heavy (non-hydrogen) atoms. The van der Waals surface area contributed by atoms with Crippen LogP contribution in [-0.4, -0.2) is 43.6 Å². The molecule has 0 saturated carbocycles. The SMILES string of the molecule is Cc1[nH]c2ccccc2c1C(=O)C(C)OC(=O)CCCCCN=C1NS(=O)(=O)c2ccccc21. The van der Waals surface area contributed by atoms with Gasteiger partial charge < -0.3 is 9.72 Å². The molecular weight excluding hydrogens is 454 g/mol. The number of amidine groups is 1. The Labute approximate surface area is 198 Å². The normalized spacial score (nSPS) is 16.2. The number of aliphatic imine (C=N–C) groups is 1. The maximum atomic E-state index is 12.9. The molecule has 1 aliphatic heterocycles. The van der Waals surface area contributed by atoms with Crippen molar-refractivity contribution in [3.8, 4) is 0 Å². The Balaban J connectivity index is 1.22. The summed E-state index contributed by atoms with van der Waals surface area (Å²) < 4.78 is 32.1. The number of fused-ring (bicyclic) bond motifs is 2. The monoisotopic (exact) mass is 481 g/mol. The Morgan fingerprint density at radius 2 is 1.76 bits per heavy atom. The number of ketones is 1. The van der Waals surface area contributed by atoms with E-state index >= 15 is 0 Å². The first-order valence-electron chi connectivity index (χ1n) is 11.3. The van der Waals surface area contributed by atoms with Crippen molar-refractivity contribution >= 4 is 38.5 Å². The van der Waals surface area contributed by atoms with Gasteiger partial charge in [-0.15, -0.1) is 0 Å². The molecule has 4 rings (SSSR count). The number of rotatable bonds is 9. The van der Waals surface area contributed by atoms with Gasteiger partial charge >= 0.3 is 5.97 Å². The van der Waals surface area contributed by atoms with E-state index in [1.165, 1.54) is 0 Å². The minimum absolute atomic E-state index is 0.205. The van der Waals surface area contributed by atoms with E-state index in [4.69, 9.17) is 4.74 Å². The van der Waals surface area contributed by atoms with Crippen molar-refractivity contribution in [1.82, 2.24) is 9.71 Å². The van der Waals surface area contributed by atoms with Crippen molar-refractivity contribution in [2.75, 3.05) is 6.54 Å². The number of sulfonamides is 1. The van der Waals surface area contributed by atoms with E-state index in [1.807, 2.05) is 31.2 Å². The standard InChI is InChI=1S/C25H27N3O5S/c1-16-23(18-10-5-7-12-20(18)27-16)24(30)17(2)33-22(29)14-4-3-9-15-26-25-19-11-6-8-13-21(19)34(31,32)28-25/h5-8,10-13,17,27H,3-4,9,14-15H2,1-2H3,(H,26,28). The second-order valence-electron chi connectivity index (χ2n) is 8.31. The summed E-state index contributed by atoms with van der Waals surface area (Å²) in [5, 5.41) is 0.821. The molecule has 9 heteroatoms. The molecule has 0 spiro atoms. The molecule has 2 N–H and O–H groups in total. The van der Waals surface area contributed by atoms with E-state index in [-0.39, 0.29) is 17.1 Å². The van der Waals surface area contributed by atoms with Crippen molar-refractivity contribution in [2.45, 2.75) is 50.5 Å². The number of nitrogens with zero attached hydrogens (tertiary/aromatic N) is 1. The number of para-hydroxylation sites is 1. The second-order valence-corrected chi connectivity index (χ2v) is 9.96. The number of hydrogen-bond acceptors (Lipinski definition) is 6. The van der Waals surface area contributed by atoms with Gasteiger partial charge in [0.2, 0.25) is 5.78 Å². The summed E-state index contributed by atoms with van der Waals surface area (Å²) in [5.74, 6) is -0.282. The topological polar surface area (TPSA) is 118 Å². The van der Waals surface area contributed by atoms with Crippen LogP contribution in [0.5, 0.6) is 0 Å². The third-order valence-corrected chi connectivity index (χ3v) is 7.19. The van der Waals surface area contributed by atoms with E-state index in [0.29, 0.717) is 36.3 Å². The fraction of sp³-hybridized carbons (Fsp3) is 0.320. The van der Waals surface area contributed by atoms with E-state index in [9.17, 15) is 18.0 Å². The summed E-state index contributed by atoms with van der Waals surface area (Å²) in [6.07, 6.45) is 1.36. The van der Waals surface area contributed by atoms with Gasteiger partial charge in [0.25, 0.3) is 10.0 Å². The molecule has 0 amide bonds. The van der Waals surface area contributed by atoms with Gasteiger partial charge in [-0.1, -0.05) is 36.8 Å². The van der Waals surface area contributed by atoms with Gasteiger partial charge in [-0.25, -0.2) is 8.42 Å². The number of carbonyl (C=O) groups excluding carboxylic acids is 2. The van der Waals surface area contributed by atoms with Gasteiger partial charge in [0.1, 0.15) is 5.84 Å². The van der Waals surface area contributed by atoms with Crippen LogP contribution in [-0.2, 0) is 19.6 Å². The van der Waals surface area contributed by atoms with Crippen molar-refractivity contribution in [3.05, 3.63) is 65.4 Å². The van der Waals surface area contributed by atoms with Crippen LogP contribution in [0.4, 0.5) is 0 Å². The average Bonchev–Trinajstić information content (AvgIpc) is 3.28. The Bertz CT molecular complexity index is 1370. The number of carbonyl (C=O) groups is 2. The molecule has 0 aliphatic carbocycles. The predicted molar refractivity (Wildman–Crippen MR) is 130 cm³/mol. The minimum atomic E-state index is -3.53. The summed E-state index contributed by atoms with van der Waals surface area (Å²) in [4.78, 5) is 32.9. The number of aromatic amines is 1. The number of hydrogen-bond donors (Lipinski definition) is 2. The highest BCUT2D eigenvalue weighted by Crippen LogP contribution is 2.24. The molecule has 1 atom stereocenters. The fourth-order valence-electron chi connectivity index (χ4n) is 4.11. The number of Topliss-reactive ketones (excluding diaryl/α,β-unsaturated/α-hetero) is 1. The third-order valence-electron chi connectivity index (χ3n) is 5.79. The van der Waals surface area contributed by atoms with E-state index < -0.39 is 22.1 Å². The molecule has 2 aromatic carbocycles. The van der Waals surface area contributed by atoms with Crippen molar-refractivity contribution in [3.63, 3.8) is 0 Å². The van der Waals surface area contributed by atoms with Crippen LogP contribution in [0, 0.1) is 6.92 Å². The maximum absolute atomic E-state index is 12.9. The number of nitrogens with one attached hydrogen (secondary N) is 2. The summed E-state index contributed by atoms with van der Waals surface area (Å²) in [6.45, 7) is 3.87. The first-order chi connectivity index (χ1) is 16.3. The van der Waals surface area contributed by atoms with E-state index in [1.54, 1.807) is 31.2 Å². The Morgan fingerprint density at radius 3 is 2.59 bits per heavy atom. The zero-order chi connectivity index (χ0) is 24.3. The van der Waals surface area contributed by atoms with Crippen LogP contribution in [0.25, 0.3) is 10.9 Å². The second kappa shape index (κ2) is 9.80. The molecule has 0 saturated heterocycles.